The third kappa shape index (κ3) is 4.14. The lowest BCUT2D eigenvalue weighted by Crippen LogP contribution is -2.55. The third-order valence-corrected chi connectivity index (χ3v) is 6.75. The maximum atomic E-state index is 12.0. The Morgan fingerprint density at radius 1 is 1.14 bits per heavy atom. The predicted molar refractivity (Wildman–Crippen MR) is 116 cm³/mol. The Balaban J connectivity index is 1.39. The van der Waals surface area contributed by atoms with E-state index in [1.165, 1.54) is 41.5 Å². The monoisotopic (exact) mass is 398 g/mol. The van der Waals surface area contributed by atoms with Crippen LogP contribution in [0.15, 0.2) is 24.3 Å². The lowest BCUT2D eigenvalue weighted by molar-refractivity contribution is 0.0413. The zero-order chi connectivity index (χ0) is 20.4. The van der Waals surface area contributed by atoms with E-state index in [2.05, 4.69) is 52.6 Å². The van der Waals surface area contributed by atoms with E-state index in [1.54, 1.807) is 0 Å². The molecule has 29 heavy (non-hydrogen) atoms. The first-order chi connectivity index (χ1) is 14.1. The van der Waals surface area contributed by atoms with Crippen LogP contribution < -0.4 is 0 Å². The normalized spacial score (nSPS) is 21.6. The van der Waals surface area contributed by atoms with Crippen LogP contribution in [0.2, 0.25) is 0 Å². The van der Waals surface area contributed by atoms with Crippen LogP contribution in [0.1, 0.15) is 31.0 Å². The standard InChI is InChI=1S/C23H34N4O2/c1-4-29-23(28)27-14-12-26(13-15-27)19-8-7-11-25(16-19)17-21-18(2)24(3)22-10-6-5-9-20(21)22/h5-6,9-10,19H,4,7-8,11-17H2,1-3H3. The molecule has 2 aromatic rings. The molecule has 2 aliphatic rings. The second-order valence-corrected chi connectivity index (χ2v) is 8.39. The molecule has 0 saturated carbocycles. The van der Waals surface area contributed by atoms with Crippen molar-refractivity contribution >= 4 is 17.0 Å². The number of fused-ring (bicyclic) bond motifs is 1. The molecule has 6 heteroatoms. The van der Waals surface area contributed by atoms with Crippen LogP contribution in [0.4, 0.5) is 4.79 Å². The molecule has 1 amide bonds. The van der Waals surface area contributed by atoms with Crippen LogP contribution in [0.3, 0.4) is 0 Å². The van der Waals surface area contributed by atoms with Crippen molar-refractivity contribution in [2.24, 2.45) is 7.05 Å². The fourth-order valence-electron chi connectivity index (χ4n) is 4.98. The molecule has 1 aromatic carbocycles. The maximum absolute atomic E-state index is 12.0. The highest BCUT2D eigenvalue weighted by Crippen LogP contribution is 2.28. The molecule has 4 rings (SSSR count). The molecule has 0 radical (unpaired) electrons. The molecule has 3 heterocycles. The minimum Gasteiger partial charge on any atom is -0.450 e. The Hall–Kier alpha value is -2.05. The minimum absolute atomic E-state index is 0.163. The Bertz CT molecular complexity index is 854. The number of hydrogen-bond donors (Lipinski definition) is 0. The van der Waals surface area contributed by atoms with E-state index in [9.17, 15) is 4.79 Å². The van der Waals surface area contributed by atoms with Crippen molar-refractivity contribution in [2.75, 3.05) is 45.9 Å². The number of hydrogen-bond acceptors (Lipinski definition) is 4. The molecule has 0 bridgehead atoms. The van der Waals surface area contributed by atoms with Gasteiger partial charge in [0.05, 0.1) is 6.61 Å². The zero-order valence-corrected chi connectivity index (χ0v) is 18.1. The number of ether oxygens (including phenoxy) is 1. The summed E-state index contributed by atoms with van der Waals surface area (Å²) in [5.74, 6) is 0. The highest BCUT2D eigenvalue weighted by atomic mass is 16.6. The molecule has 0 N–H and O–H groups in total. The van der Waals surface area contributed by atoms with E-state index in [4.69, 9.17) is 4.74 Å². The molecule has 158 valence electrons. The summed E-state index contributed by atoms with van der Waals surface area (Å²) in [6.07, 6.45) is 2.33. The molecule has 2 aliphatic heterocycles. The van der Waals surface area contributed by atoms with E-state index >= 15 is 0 Å². The van der Waals surface area contributed by atoms with E-state index in [0.717, 1.165) is 39.3 Å². The van der Waals surface area contributed by atoms with E-state index in [0.29, 0.717) is 12.6 Å². The van der Waals surface area contributed by atoms with Crippen molar-refractivity contribution in [3.63, 3.8) is 0 Å². The molecule has 1 aromatic heterocycles. The lowest BCUT2D eigenvalue weighted by atomic mass is 10.0. The van der Waals surface area contributed by atoms with E-state index in [-0.39, 0.29) is 6.09 Å². The molecule has 1 unspecified atom stereocenters. The van der Waals surface area contributed by atoms with Gasteiger partial charge in [-0.1, -0.05) is 18.2 Å². The van der Waals surface area contributed by atoms with Gasteiger partial charge >= 0.3 is 6.09 Å². The van der Waals surface area contributed by atoms with Gasteiger partial charge in [-0.2, -0.15) is 0 Å². The van der Waals surface area contributed by atoms with Gasteiger partial charge < -0.3 is 14.2 Å². The Labute approximate surface area is 174 Å². The largest absolute Gasteiger partial charge is 0.450 e. The van der Waals surface area contributed by atoms with Gasteiger partial charge in [-0.25, -0.2) is 4.79 Å². The van der Waals surface area contributed by atoms with Crippen molar-refractivity contribution in [2.45, 2.75) is 39.3 Å². The third-order valence-electron chi connectivity index (χ3n) is 6.75. The Kier molecular flexibility index (Phi) is 6.11. The van der Waals surface area contributed by atoms with Gasteiger partial charge in [0.25, 0.3) is 0 Å². The van der Waals surface area contributed by atoms with Crippen molar-refractivity contribution in [1.29, 1.82) is 0 Å². The summed E-state index contributed by atoms with van der Waals surface area (Å²) >= 11 is 0. The smallest absolute Gasteiger partial charge is 0.409 e. The van der Waals surface area contributed by atoms with Gasteiger partial charge in [-0.15, -0.1) is 0 Å². The number of carbonyl (C=O) groups excluding carboxylic acids is 1. The number of aryl methyl sites for hydroxylation is 1. The lowest BCUT2D eigenvalue weighted by Gasteiger charge is -2.43. The minimum atomic E-state index is -0.163. The van der Waals surface area contributed by atoms with Crippen molar-refractivity contribution in [1.82, 2.24) is 19.3 Å². The maximum Gasteiger partial charge on any atom is 0.409 e. The number of piperidine rings is 1. The van der Waals surface area contributed by atoms with Crippen molar-refractivity contribution < 1.29 is 9.53 Å². The second kappa shape index (κ2) is 8.76. The fourth-order valence-corrected chi connectivity index (χ4v) is 4.98. The fraction of sp³-hybridized carbons (Fsp3) is 0.609. The number of benzene rings is 1. The summed E-state index contributed by atoms with van der Waals surface area (Å²) in [5.41, 5.74) is 4.16. The van der Waals surface area contributed by atoms with Crippen molar-refractivity contribution in [3.8, 4) is 0 Å². The summed E-state index contributed by atoms with van der Waals surface area (Å²) < 4.78 is 7.47. The average molecular weight is 399 g/mol. The van der Waals surface area contributed by atoms with Crippen LogP contribution in [-0.4, -0.2) is 77.3 Å². The topological polar surface area (TPSA) is 41.0 Å². The van der Waals surface area contributed by atoms with Crippen LogP contribution in [0, 0.1) is 6.92 Å². The number of carbonyl (C=O) groups is 1. The summed E-state index contributed by atoms with van der Waals surface area (Å²) in [4.78, 5) is 19.0. The van der Waals surface area contributed by atoms with Crippen LogP contribution in [0.5, 0.6) is 0 Å². The number of likely N-dealkylation sites (tertiary alicyclic amines) is 1. The van der Waals surface area contributed by atoms with E-state index in [1.807, 2.05) is 11.8 Å². The predicted octanol–water partition coefficient (Wildman–Crippen LogP) is 3.23. The van der Waals surface area contributed by atoms with Crippen LogP contribution >= 0.6 is 0 Å². The quantitative estimate of drug-likeness (QED) is 0.793. The highest BCUT2D eigenvalue weighted by molar-refractivity contribution is 5.85. The van der Waals surface area contributed by atoms with Gasteiger partial charge in [0.2, 0.25) is 0 Å². The van der Waals surface area contributed by atoms with Crippen LogP contribution in [0.25, 0.3) is 10.9 Å². The first kappa shape index (κ1) is 20.2. The summed E-state index contributed by atoms with van der Waals surface area (Å²) in [7, 11) is 2.17. The molecular formula is C23H34N4O2. The Morgan fingerprint density at radius 3 is 2.66 bits per heavy atom. The number of para-hydroxylation sites is 1. The molecule has 0 spiro atoms. The SMILES string of the molecule is CCOC(=O)N1CCN(C2CCCN(Cc3c(C)n(C)c4ccccc34)C2)CC1. The summed E-state index contributed by atoms with van der Waals surface area (Å²) in [6.45, 7) is 11.3. The number of nitrogens with zero attached hydrogens (tertiary/aromatic N) is 4. The number of aromatic nitrogens is 1. The number of piperazine rings is 1. The Morgan fingerprint density at radius 2 is 1.90 bits per heavy atom. The number of amides is 1. The summed E-state index contributed by atoms with van der Waals surface area (Å²) in [6, 6.07) is 9.33. The van der Waals surface area contributed by atoms with Crippen molar-refractivity contribution in [3.05, 3.63) is 35.5 Å². The van der Waals surface area contributed by atoms with Gasteiger partial charge in [-0.3, -0.25) is 9.80 Å². The van der Waals surface area contributed by atoms with Crippen LogP contribution in [-0.2, 0) is 18.3 Å². The first-order valence-corrected chi connectivity index (χ1v) is 11.0. The highest BCUT2D eigenvalue weighted by Gasteiger charge is 2.30. The molecular weight excluding hydrogens is 364 g/mol. The zero-order valence-electron chi connectivity index (χ0n) is 18.1. The average Bonchev–Trinajstić information content (AvgIpc) is 2.99. The van der Waals surface area contributed by atoms with Gasteiger partial charge in [0.15, 0.2) is 0 Å². The molecule has 0 aliphatic carbocycles. The van der Waals surface area contributed by atoms with Gasteiger partial charge in [0.1, 0.15) is 0 Å². The molecule has 1 atom stereocenters. The van der Waals surface area contributed by atoms with Gasteiger partial charge in [-0.05, 0) is 44.9 Å². The van der Waals surface area contributed by atoms with Gasteiger partial charge in [0, 0.05) is 69.0 Å². The molecule has 2 fully saturated rings. The molecule has 2 saturated heterocycles. The summed E-state index contributed by atoms with van der Waals surface area (Å²) in [5, 5.41) is 1.39. The first-order valence-electron chi connectivity index (χ1n) is 11.0. The van der Waals surface area contributed by atoms with E-state index < -0.39 is 0 Å². The molecule has 6 nitrogen and oxygen atoms in total. The second-order valence-electron chi connectivity index (χ2n) is 8.39. The number of rotatable bonds is 4.